The third-order valence-electron chi connectivity index (χ3n) is 4.24. The topological polar surface area (TPSA) is 76.0 Å². The summed E-state index contributed by atoms with van der Waals surface area (Å²) in [5.74, 6) is -2.63. The number of fused-ring (bicyclic) bond motifs is 1. The molecule has 0 aliphatic carbocycles. The molecule has 6 nitrogen and oxygen atoms in total. The number of nitrogens with one attached hydrogen (secondary N) is 2. The fraction of sp³-hybridized carbons (Fsp3) is 0.211. The molecule has 1 atom stereocenters. The van der Waals surface area contributed by atoms with Gasteiger partial charge < -0.3 is 10.6 Å². The van der Waals surface area contributed by atoms with Crippen LogP contribution in [0.15, 0.2) is 41.2 Å². The summed E-state index contributed by atoms with van der Waals surface area (Å²) in [7, 11) is 1.38. The van der Waals surface area contributed by atoms with E-state index in [1.165, 1.54) is 19.2 Å². The standard InChI is InChI=1S/C19H17F3N4O2/c1-10(24-19(28)23-9-11-3-5-12(20)6-4-11)17-13-7-15(21)16(22)8-14(13)18(27)26(2)25-17/h3-8,10H,9H2,1-2H3,(H2,23,24,28)/t10-/m0/s1. The van der Waals surface area contributed by atoms with Gasteiger partial charge in [0.05, 0.1) is 17.1 Å². The van der Waals surface area contributed by atoms with Gasteiger partial charge in [-0.1, -0.05) is 12.1 Å². The van der Waals surface area contributed by atoms with Crippen LogP contribution in [0, 0.1) is 17.5 Å². The lowest BCUT2D eigenvalue weighted by molar-refractivity contribution is 0.237. The number of aryl methyl sites for hydroxylation is 1. The molecule has 0 aliphatic heterocycles. The van der Waals surface area contributed by atoms with Crippen molar-refractivity contribution >= 4 is 16.8 Å². The SMILES string of the molecule is C[C@H](NC(=O)NCc1ccc(F)cc1)c1nn(C)c(=O)c2cc(F)c(F)cc12. The number of benzene rings is 2. The minimum atomic E-state index is -1.14. The van der Waals surface area contributed by atoms with E-state index in [0.717, 1.165) is 16.8 Å². The van der Waals surface area contributed by atoms with Crippen molar-refractivity contribution in [3.05, 3.63) is 75.5 Å². The van der Waals surface area contributed by atoms with Gasteiger partial charge in [0.1, 0.15) is 5.82 Å². The van der Waals surface area contributed by atoms with Crippen molar-refractivity contribution in [3.8, 4) is 0 Å². The fourth-order valence-electron chi connectivity index (χ4n) is 2.79. The first-order valence-corrected chi connectivity index (χ1v) is 8.41. The van der Waals surface area contributed by atoms with E-state index in [-0.39, 0.29) is 28.8 Å². The second-order valence-electron chi connectivity index (χ2n) is 6.30. The van der Waals surface area contributed by atoms with Gasteiger partial charge in [-0.15, -0.1) is 0 Å². The van der Waals surface area contributed by atoms with Crippen LogP contribution in [0.5, 0.6) is 0 Å². The molecule has 1 heterocycles. The van der Waals surface area contributed by atoms with E-state index >= 15 is 0 Å². The summed E-state index contributed by atoms with van der Waals surface area (Å²) in [5, 5.41) is 9.41. The average Bonchev–Trinajstić information content (AvgIpc) is 2.65. The predicted molar refractivity (Wildman–Crippen MR) is 97.1 cm³/mol. The van der Waals surface area contributed by atoms with Crippen LogP contribution in [0.25, 0.3) is 10.8 Å². The Kier molecular flexibility index (Phi) is 5.34. The van der Waals surface area contributed by atoms with Crippen LogP contribution in [0.3, 0.4) is 0 Å². The maximum Gasteiger partial charge on any atom is 0.315 e. The highest BCUT2D eigenvalue weighted by Gasteiger charge is 2.19. The van der Waals surface area contributed by atoms with Gasteiger partial charge in [-0.05, 0) is 36.8 Å². The number of aromatic nitrogens is 2. The molecule has 0 saturated carbocycles. The molecule has 2 aromatic carbocycles. The summed E-state index contributed by atoms with van der Waals surface area (Å²) < 4.78 is 41.1. The van der Waals surface area contributed by atoms with Crippen LogP contribution in [0.2, 0.25) is 0 Å². The molecule has 9 heteroatoms. The number of amides is 2. The molecule has 0 bridgehead atoms. The minimum absolute atomic E-state index is 0.0354. The number of carbonyl (C=O) groups is 1. The van der Waals surface area contributed by atoms with Gasteiger partial charge in [-0.3, -0.25) is 4.79 Å². The summed E-state index contributed by atoms with van der Waals surface area (Å²) in [6, 6.07) is 6.12. The molecule has 0 radical (unpaired) electrons. The highest BCUT2D eigenvalue weighted by molar-refractivity contribution is 5.85. The molecule has 0 unspecified atom stereocenters. The Morgan fingerprint density at radius 3 is 2.36 bits per heavy atom. The number of halogens is 3. The Hall–Kier alpha value is -3.36. The molecule has 2 amide bonds. The predicted octanol–water partition coefficient (Wildman–Crippen LogP) is 2.91. The Labute approximate surface area is 158 Å². The zero-order valence-corrected chi connectivity index (χ0v) is 15.1. The smallest absolute Gasteiger partial charge is 0.315 e. The molecule has 0 saturated heterocycles. The van der Waals surface area contributed by atoms with Crippen LogP contribution in [-0.4, -0.2) is 15.8 Å². The number of hydrogen-bond acceptors (Lipinski definition) is 3. The lowest BCUT2D eigenvalue weighted by atomic mass is 10.1. The Morgan fingerprint density at radius 2 is 1.71 bits per heavy atom. The highest BCUT2D eigenvalue weighted by atomic mass is 19.2. The second-order valence-corrected chi connectivity index (χ2v) is 6.30. The van der Waals surface area contributed by atoms with Gasteiger partial charge in [0.25, 0.3) is 5.56 Å². The Bertz CT molecular complexity index is 1100. The van der Waals surface area contributed by atoms with Crippen molar-refractivity contribution in [2.75, 3.05) is 0 Å². The third-order valence-corrected chi connectivity index (χ3v) is 4.24. The van der Waals surface area contributed by atoms with E-state index in [4.69, 9.17) is 0 Å². The van der Waals surface area contributed by atoms with Gasteiger partial charge in [0.15, 0.2) is 11.6 Å². The van der Waals surface area contributed by atoms with Crippen molar-refractivity contribution in [2.45, 2.75) is 19.5 Å². The van der Waals surface area contributed by atoms with Gasteiger partial charge in [-0.25, -0.2) is 22.6 Å². The quantitative estimate of drug-likeness (QED) is 0.719. The monoisotopic (exact) mass is 390 g/mol. The van der Waals surface area contributed by atoms with Crippen molar-refractivity contribution in [2.24, 2.45) is 7.05 Å². The number of hydrogen-bond donors (Lipinski definition) is 2. The van der Waals surface area contributed by atoms with Crippen LogP contribution < -0.4 is 16.2 Å². The highest BCUT2D eigenvalue weighted by Crippen LogP contribution is 2.22. The van der Waals surface area contributed by atoms with Crippen LogP contribution in [0.4, 0.5) is 18.0 Å². The number of nitrogens with zero attached hydrogens (tertiary/aromatic N) is 2. The molecule has 0 aliphatic rings. The normalized spacial score (nSPS) is 12.0. The molecule has 146 valence electrons. The molecular formula is C19H17F3N4O2. The van der Waals surface area contributed by atoms with Gasteiger partial charge in [-0.2, -0.15) is 5.10 Å². The Balaban J connectivity index is 1.81. The number of rotatable bonds is 4. The maximum atomic E-state index is 13.7. The molecule has 1 aromatic heterocycles. The first-order chi connectivity index (χ1) is 13.3. The maximum absolute atomic E-state index is 13.7. The van der Waals surface area contributed by atoms with Crippen molar-refractivity contribution in [1.82, 2.24) is 20.4 Å². The van der Waals surface area contributed by atoms with Crippen LogP contribution >= 0.6 is 0 Å². The van der Waals surface area contributed by atoms with Crippen molar-refractivity contribution in [1.29, 1.82) is 0 Å². The largest absolute Gasteiger partial charge is 0.334 e. The van der Waals surface area contributed by atoms with E-state index in [0.29, 0.717) is 5.56 Å². The lowest BCUT2D eigenvalue weighted by Gasteiger charge is -2.17. The summed E-state index contributed by atoms with van der Waals surface area (Å²) in [6.45, 7) is 1.77. The molecule has 2 N–H and O–H groups in total. The number of urea groups is 1. The molecule has 3 aromatic rings. The van der Waals surface area contributed by atoms with Crippen LogP contribution in [0.1, 0.15) is 24.2 Å². The molecular weight excluding hydrogens is 373 g/mol. The van der Waals surface area contributed by atoms with E-state index in [1.54, 1.807) is 19.1 Å². The summed E-state index contributed by atoms with van der Waals surface area (Å²) in [5.41, 5.74) is 0.339. The van der Waals surface area contributed by atoms with Crippen molar-refractivity contribution < 1.29 is 18.0 Å². The first-order valence-electron chi connectivity index (χ1n) is 8.41. The van der Waals surface area contributed by atoms with E-state index < -0.39 is 29.3 Å². The summed E-state index contributed by atoms with van der Waals surface area (Å²) >= 11 is 0. The molecule has 0 fully saturated rings. The third kappa shape index (κ3) is 3.98. The van der Waals surface area contributed by atoms with Gasteiger partial charge >= 0.3 is 6.03 Å². The van der Waals surface area contributed by atoms with Gasteiger partial charge in [0, 0.05) is 19.0 Å². The van der Waals surface area contributed by atoms with Crippen molar-refractivity contribution in [3.63, 3.8) is 0 Å². The zero-order valence-electron chi connectivity index (χ0n) is 15.1. The number of carbonyl (C=O) groups excluding carboxylic acids is 1. The zero-order chi connectivity index (χ0) is 20.4. The molecule has 3 rings (SSSR count). The second kappa shape index (κ2) is 7.71. The summed E-state index contributed by atoms with van der Waals surface area (Å²) in [4.78, 5) is 24.3. The molecule has 0 spiro atoms. The lowest BCUT2D eigenvalue weighted by Crippen LogP contribution is -2.37. The van der Waals surface area contributed by atoms with E-state index in [1.807, 2.05) is 0 Å². The van der Waals surface area contributed by atoms with E-state index in [2.05, 4.69) is 15.7 Å². The average molecular weight is 390 g/mol. The van der Waals surface area contributed by atoms with Crippen LogP contribution in [-0.2, 0) is 13.6 Å². The Morgan fingerprint density at radius 1 is 1.11 bits per heavy atom. The van der Waals surface area contributed by atoms with Gasteiger partial charge in [0.2, 0.25) is 0 Å². The molecule has 28 heavy (non-hydrogen) atoms. The van der Waals surface area contributed by atoms with E-state index in [9.17, 15) is 22.8 Å². The fourth-order valence-corrected chi connectivity index (χ4v) is 2.79. The minimum Gasteiger partial charge on any atom is -0.334 e. The summed E-state index contributed by atoms with van der Waals surface area (Å²) in [6.07, 6.45) is 0. The first kappa shape index (κ1) is 19.4.